The zero-order chi connectivity index (χ0) is 33.5. The van der Waals surface area contributed by atoms with E-state index in [2.05, 4.69) is 4.98 Å². The number of ether oxygens (including phenoxy) is 3. The summed E-state index contributed by atoms with van der Waals surface area (Å²) in [7, 11) is 1.67. The molecule has 2 heterocycles. The van der Waals surface area contributed by atoms with Crippen molar-refractivity contribution in [2.45, 2.75) is 51.6 Å². The Morgan fingerprint density at radius 2 is 1.70 bits per heavy atom. The standard InChI is InChI=1S/C35H38Cl3N3O6/c1-22-16-30(36)33(31(37)17-22)47-15-14-46-27-9-5-23(6-10-27)28-11-12-40(35(43)44)21-29(28)34(42)41(26-7-8-26)20-24-18-25(4-3-13-45-2)39-19-32(24)38/h5-6,9-10,16-19,26H,3-4,7-8,11-15,20-21H2,1-2H3,(H,43,44). The van der Waals surface area contributed by atoms with Gasteiger partial charge in [0, 0.05) is 50.3 Å². The monoisotopic (exact) mass is 701 g/mol. The van der Waals surface area contributed by atoms with E-state index in [1.54, 1.807) is 25.4 Å². The van der Waals surface area contributed by atoms with Gasteiger partial charge in [-0.25, -0.2) is 4.79 Å². The highest BCUT2D eigenvalue weighted by molar-refractivity contribution is 6.37. The van der Waals surface area contributed by atoms with E-state index >= 15 is 0 Å². The molecule has 47 heavy (non-hydrogen) atoms. The van der Waals surface area contributed by atoms with Crippen LogP contribution in [-0.2, 0) is 22.5 Å². The number of carbonyl (C=O) groups is 2. The largest absolute Gasteiger partial charge is 0.490 e. The second-order valence-corrected chi connectivity index (χ2v) is 12.9. The smallest absolute Gasteiger partial charge is 0.407 e. The number of hydrogen-bond donors (Lipinski definition) is 1. The van der Waals surface area contributed by atoms with Crippen LogP contribution in [-0.4, -0.2) is 78.0 Å². The average Bonchev–Trinajstić information content (AvgIpc) is 3.89. The number of benzene rings is 2. The van der Waals surface area contributed by atoms with Gasteiger partial charge in [0.25, 0.3) is 5.91 Å². The van der Waals surface area contributed by atoms with Crippen molar-refractivity contribution in [2.75, 3.05) is 40.0 Å². The number of carboxylic acid groups (broad SMARTS) is 1. The fourth-order valence-electron chi connectivity index (χ4n) is 5.62. The van der Waals surface area contributed by atoms with Gasteiger partial charge in [-0.1, -0.05) is 46.9 Å². The topological polar surface area (TPSA) is 101 Å². The van der Waals surface area contributed by atoms with Crippen molar-refractivity contribution in [1.29, 1.82) is 0 Å². The number of rotatable bonds is 14. The summed E-state index contributed by atoms with van der Waals surface area (Å²) in [5.74, 6) is 0.875. The molecule has 0 unspecified atom stereocenters. The van der Waals surface area contributed by atoms with Crippen molar-refractivity contribution in [3.8, 4) is 11.5 Å². The zero-order valence-electron chi connectivity index (χ0n) is 26.4. The lowest BCUT2D eigenvalue weighted by Gasteiger charge is -2.32. The predicted molar refractivity (Wildman–Crippen MR) is 183 cm³/mol. The van der Waals surface area contributed by atoms with Gasteiger partial charge in [-0.15, -0.1) is 0 Å². The molecule has 12 heteroatoms. The third kappa shape index (κ3) is 9.11. The number of hydrogen-bond acceptors (Lipinski definition) is 6. The van der Waals surface area contributed by atoms with Gasteiger partial charge in [-0.05, 0) is 91.6 Å². The van der Waals surface area contributed by atoms with Gasteiger partial charge >= 0.3 is 6.09 Å². The average molecular weight is 703 g/mol. The van der Waals surface area contributed by atoms with Crippen molar-refractivity contribution in [3.63, 3.8) is 0 Å². The van der Waals surface area contributed by atoms with E-state index in [9.17, 15) is 14.7 Å². The van der Waals surface area contributed by atoms with Crippen molar-refractivity contribution < 1.29 is 28.9 Å². The Balaban J connectivity index is 1.31. The molecule has 1 aliphatic carbocycles. The van der Waals surface area contributed by atoms with Crippen molar-refractivity contribution in [1.82, 2.24) is 14.8 Å². The number of aryl methyl sites for hydroxylation is 2. The van der Waals surface area contributed by atoms with Crippen LogP contribution in [0, 0.1) is 6.92 Å². The van der Waals surface area contributed by atoms with Crippen LogP contribution in [0.15, 0.2) is 54.2 Å². The molecule has 5 rings (SSSR count). The van der Waals surface area contributed by atoms with Crippen LogP contribution >= 0.6 is 34.8 Å². The predicted octanol–water partition coefficient (Wildman–Crippen LogP) is 7.72. The maximum atomic E-state index is 14.3. The highest BCUT2D eigenvalue weighted by Gasteiger charge is 2.37. The Morgan fingerprint density at radius 1 is 1.00 bits per heavy atom. The normalized spacial score (nSPS) is 14.7. The lowest BCUT2D eigenvalue weighted by molar-refractivity contribution is -0.128. The molecule has 0 saturated heterocycles. The first-order chi connectivity index (χ1) is 22.6. The van der Waals surface area contributed by atoms with Crippen molar-refractivity contribution in [3.05, 3.63) is 91.7 Å². The quantitative estimate of drug-likeness (QED) is 0.172. The Hall–Kier alpha value is -3.50. The van der Waals surface area contributed by atoms with Crippen LogP contribution in [0.3, 0.4) is 0 Å². The zero-order valence-corrected chi connectivity index (χ0v) is 28.7. The fourth-order valence-corrected chi connectivity index (χ4v) is 6.49. The molecule has 0 atom stereocenters. The molecule has 250 valence electrons. The third-order valence-electron chi connectivity index (χ3n) is 8.18. The number of carbonyl (C=O) groups excluding carboxylic acids is 1. The number of halogens is 3. The summed E-state index contributed by atoms with van der Waals surface area (Å²) >= 11 is 19.1. The lowest BCUT2D eigenvalue weighted by atomic mass is 9.92. The van der Waals surface area contributed by atoms with E-state index in [0.29, 0.717) is 58.3 Å². The highest BCUT2D eigenvalue weighted by atomic mass is 35.5. The first-order valence-electron chi connectivity index (χ1n) is 15.6. The molecule has 2 aromatic carbocycles. The van der Waals surface area contributed by atoms with Gasteiger partial charge in [0.1, 0.15) is 19.0 Å². The summed E-state index contributed by atoms with van der Waals surface area (Å²) in [5, 5.41) is 11.2. The summed E-state index contributed by atoms with van der Waals surface area (Å²) in [4.78, 5) is 33.8. The van der Waals surface area contributed by atoms with Crippen molar-refractivity contribution in [2.24, 2.45) is 0 Å². The molecule has 0 bridgehead atoms. The Kier molecular flexibility index (Phi) is 11.9. The minimum Gasteiger partial charge on any atom is -0.490 e. The first kappa shape index (κ1) is 34.8. The highest BCUT2D eigenvalue weighted by Crippen LogP contribution is 2.36. The summed E-state index contributed by atoms with van der Waals surface area (Å²) < 4.78 is 16.8. The second kappa shape index (κ2) is 16.1. The summed E-state index contributed by atoms with van der Waals surface area (Å²) in [5.41, 5.74) is 4.80. The van der Waals surface area contributed by atoms with Crippen LogP contribution in [0.25, 0.3) is 5.57 Å². The molecule has 1 aliphatic heterocycles. The molecular formula is C35H38Cl3N3O6. The van der Waals surface area contributed by atoms with E-state index in [1.807, 2.05) is 42.2 Å². The van der Waals surface area contributed by atoms with E-state index < -0.39 is 6.09 Å². The number of pyridine rings is 1. The molecule has 1 saturated carbocycles. The van der Waals surface area contributed by atoms with Crippen LogP contribution in [0.1, 0.15) is 48.1 Å². The molecule has 9 nitrogen and oxygen atoms in total. The minimum absolute atomic E-state index is 0.0127. The van der Waals surface area contributed by atoms with E-state index in [1.165, 1.54) is 4.90 Å². The Labute approximate surface area is 290 Å². The molecule has 1 N–H and O–H groups in total. The molecule has 0 spiro atoms. The van der Waals surface area contributed by atoms with Gasteiger partial charge in [0.05, 0.1) is 21.6 Å². The van der Waals surface area contributed by atoms with Crippen LogP contribution in [0.2, 0.25) is 15.1 Å². The molecule has 2 aliphatic rings. The second-order valence-electron chi connectivity index (χ2n) is 11.7. The van der Waals surface area contributed by atoms with Gasteiger partial charge in [-0.3, -0.25) is 9.78 Å². The van der Waals surface area contributed by atoms with Crippen LogP contribution in [0.5, 0.6) is 11.5 Å². The summed E-state index contributed by atoms with van der Waals surface area (Å²) in [6.45, 7) is 3.67. The van der Waals surface area contributed by atoms with E-state index in [4.69, 9.17) is 49.0 Å². The summed E-state index contributed by atoms with van der Waals surface area (Å²) in [6.07, 6.45) is 4.33. The molecular weight excluding hydrogens is 665 g/mol. The fraction of sp³-hybridized carbons (Fsp3) is 0.400. The third-order valence-corrected chi connectivity index (χ3v) is 9.08. The number of amides is 2. The van der Waals surface area contributed by atoms with Gasteiger partial charge < -0.3 is 29.1 Å². The Morgan fingerprint density at radius 3 is 2.36 bits per heavy atom. The molecule has 1 aromatic heterocycles. The molecule has 1 fully saturated rings. The number of methoxy groups -OCH3 is 1. The molecule has 3 aromatic rings. The van der Waals surface area contributed by atoms with Gasteiger partial charge in [-0.2, -0.15) is 0 Å². The lowest BCUT2D eigenvalue weighted by Crippen LogP contribution is -2.42. The molecule has 0 radical (unpaired) electrons. The molecule has 2 amide bonds. The first-order valence-corrected chi connectivity index (χ1v) is 16.7. The number of aromatic nitrogens is 1. The van der Waals surface area contributed by atoms with E-state index in [0.717, 1.165) is 53.6 Å². The maximum Gasteiger partial charge on any atom is 0.407 e. The SMILES string of the molecule is COCCCc1cc(CN(C(=O)C2=C(c3ccc(OCCOc4c(Cl)cc(C)cc4Cl)cc3)CCN(C(=O)O)C2)C2CC2)c(Cl)cn1. The number of nitrogens with zero attached hydrogens (tertiary/aromatic N) is 3. The van der Waals surface area contributed by atoms with Gasteiger partial charge in [0.15, 0.2) is 5.75 Å². The van der Waals surface area contributed by atoms with Crippen LogP contribution in [0.4, 0.5) is 4.79 Å². The van der Waals surface area contributed by atoms with Gasteiger partial charge in [0.2, 0.25) is 0 Å². The van der Waals surface area contributed by atoms with E-state index in [-0.39, 0.29) is 31.7 Å². The minimum atomic E-state index is -1.05. The summed E-state index contributed by atoms with van der Waals surface area (Å²) in [6, 6.07) is 13.1. The maximum absolute atomic E-state index is 14.3. The van der Waals surface area contributed by atoms with Crippen LogP contribution < -0.4 is 9.47 Å². The van der Waals surface area contributed by atoms with Crippen molar-refractivity contribution >= 4 is 52.4 Å². The Bertz CT molecular complexity index is 1600.